The number of rotatable bonds is 4. The molecule has 1 aromatic rings. The molecule has 82 valence electrons. The summed E-state index contributed by atoms with van der Waals surface area (Å²) in [6.45, 7) is 2.83. The molecule has 1 aromatic carbocycles. The molecule has 0 fully saturated rings. The van der Waals surface area contributed by atoms with Gasteiger partial charge in [-0.15, -0.1) is 0 Å². The first kappa shape index (κ1) is 11.4. The molecule has 0 heterocycles. The van der Waals surface area contributed by atoms with Crippen LogP contribution in [-0.4, -0.2) is 27.8 Å². The van der Waals surface area contributed by atoms with Crippen molar-refractivity contribution in [3.8, 4) is 5.75 Å². The quantitative estimate of drug-likeness (QED) is 0.799. The van der Waals surface area contributed by atoms with Crippen LogP contribution in [0.3, 0.4) is 0 Å². The number of benzene rings is 1. The third-order valence-corrected chi connectivity index (χ3v) is 2.07. The van der Waals surface area contributed by atoms with Gasteiger partial charge in [-0.3, -0.25) is 0 Å². The predicted octanol–water partition coefficient (Wildman–Crippen LogP) is 2.28. The smallest absolute Gasteiger partial charge is 0.407 e. The predicted molar refractivity (Wildman–Crippen MR) is 56.8 cm³/mol. The molecule has 1 rings (SSSR count). The second kappa shape index (κ2) is 5.24. The van der Waals surface area contributed by atoms with E-state index in [1.807, 2.05) is 6.92 Å². The summed E-state index contributed by atoms with van der Waals surface area (Å²) in [7, 11) is 0. The Hall–Kier alpha value is -1.71. The molecule has 0 aliphatic rings. The summed E-state index contributed by atoms with van der Waals surface area (Å²) in [4.78, 5) is 12.2. The Labute approximate surface area is 88.8 Å². The van der Waals surface area contributed by atoms with Crippen LogP contribution >= 0.6 is 0 Å². The van der Waals surface area contributed by atoms with Crippen molar-refractivity contribution in [2.75, 3.05) is 6.54 Å². The minimum absolute atomic E-state index is 0.191. The highest BCUT2D eigenvalue weighted by Crippen LogP contribution is 2.11. The van der Waals surface area contributed by atoms with Crippen LogP contribution in [0, 0.1) is 0 Å². The molecule has 2 N–H and O–H groups in total. The molecular formula is C11H15NO3. The molecule has 0 spiro atoms. The standard InChI is InChI=1S/C11H15NO3/c1-2-7-12(11(14)15)8-9-3-5-10(13)6-4-9/h3-6,13H,2,7-8H2,1H3,(H,14,15). The van der Waals surface area contributed by atoms with E-state index in [2.05, 4.69) is 0 Å². The lowest BCUT2D eigenvalue weighted by Gasteiger charge is -2.18. The van der Waals surface area contributed by atoms with Crippen molar-refractivity contribution in [3.63, 3.8) is 0 Å². The van der Waals surface area contributed by atoms with Crippen molar-refractivity contribution in [3.05, 3.63) is 29.8 Å². The molecule has 0 aromatic heterocycles. The second-order valence-corrected chi connectivity index (χ2v) is 3.37. The molecule has 0 atom stereocenters. The van der Waals surface area contributed by atoms with Gasteiger partial charge in [0.15, 0.2) is 0 Å². The molecule has 0 radical (unpaired) electrons. The van der Waals surface area contributed by atoms with Crippen LogP contribution in [0.15, 0.2) is 24.3 Å². The van der Waals surface area contributed by atoms with Crippen molar-refractivity contribution in [2.24, 2.45) is 0 Å². The molecule has 0 bridgehead atoms. The normalized spacial score (nSPS) is 9.93. The van der Waals surface area contributed by atoms with Crippen molar-refractivity contribution in [1.82, 2.24) is 4.90 Å². The Morgan fingerprint density at radius 1 is 1.33 bits per heavy atom. The van der Waals surface area contributed by atoms with Crippen molar-refractivity contribution in [1.29, 1.82) is 0 Å². The Morgan fingerprint density at radius 2 is 1.93 bits per heavy atom. The van der Waals surface area contributed by atoms with Crippen molar-refractivity contribution in [2.45, 2.75) is 19.9 Å². The van der Waals surface area contributed by atoms with Crippen LogP contribution in [-0.2, 0) is 6.54 Å². The molecule has 0 aliphatic carbocycles. The zero-order chi connectivity index (χ0) is 11.3. The second-order valence-electron chi connectivity index (χ2n) is 3.37. The number of amides is 1. The van der Waals surface area contributed by atoms with E-state index in [1.54, 1.807) is 24.3 Å². The van der Waals surface area contributed by atoms with E-state index < -0.39 is 6.09 Å². The topological polar surface area (TPSA) is 60.8 Å². The van der Waals surface area contributed by atoms with E-state index >= 15 is 0 Å². The van der Waals surface area contributed by atoms with Gasteiger partial charge in [-0.2, -0.15) is 0 Å². The maximum atomic E-state index is 10.8. The minimum atomic E-state index is -0.912. The summed E-state index contributed by atoms with van der Waals surface area (Å²) in [5, 5.41) is 18.0. The first-order chi connectivity index (χ1) is 7.13. The van der Waals surface area contributed by atoms with E-state index in [4.69, 9.17) is 10.2 Å². The molecule has 0 saturated heterocycles. The van der Waals surface area contributed by atoms with Gasteiger partial charge in [-0.05, 0) is 24.1 Å². The Morgan fingerprint density at radius 3 is 2.40 bits per heavy atom. The fourth-order valence-corrected chi connectivity index (χ4v) is 1.33. The summed E-state index contributed by atoms with van der Waals surface area (Å²) in [6.07, 6.45) is -0.116. The number of phenolic OH excluding ortho intramolecular Hbond substituents is 1. The van der Waals surface area contributed by atoms with Gasteiger partial charge < -0.3 is 15.1 Å². The van der Waals surface area contributed by atoms with Gasteiger partial charge in [0.05, 0.1) is 0 Å². The van der Waals surface area contributed by atoms with E-state index in [0.717, 1.165) is 12.0 Å². The molecule has 1 amide bonds. The molecule has 4 heteroatoms. The van der Waals surface area contributed by atoms with Gasteiger partial charge in [-0.25, -0.2) is 4.79 Å². The number of nitrogens with zero attached hydrogens (tertiary/aromatic N) is 1. The van der Waals surface area contributed by atoms with Gasteiger partial charge in [-0.1, -0.05) is 19.1 Å². The van der Waals surface area contributed by atoms with Gasteiger partial charge >= 0.3 is 6.09 Å². The number of aromatic hydroxyl groups is 1. The van der Waals surface area contributed by atoms with E-state index in [9.17, 15) is 4.79 Å². The third kappa shape index (κ3) is 3.50. The Balaban J connectivity index is 2.65. The summed E-state index contributed by atoms with van der Waals surface area (Å²) >= 11 is 0. The molecule has 4 nitrogen and oxygen atoms in total. The Kier molecular flexibility index (Phi) is 3.97. The van der Waals surface area contributed by atoms with Crippen LogP contribution in [0.2, 0.25) is 0 Å². The maximum absolute atomic E-state index is 10.8. The largest absolute Gasteiger partial charge is 0.508 e. The van der Waals surface area contributed by atoms with Crippen molar-refractivity contribution >= 4 is 6.09 Å². The highest BCUT2D eigenvalue weighted by Gasteiger charge is 2.10. The molecule has 0 unspecified atom stereocenters. The SMILES string of the molecule is CCCN(Cc1ccc(O)cc1)C(=O)O. The number of phenols is 1. The first-order valence-corrected chi connectivity index (χ1v) is 4.89. The van der Waals surface area contributed by atoms with Gasteiger partial charge in [0.2, 0.25) is 0 Å². The average Bonchev–Trinajstić information content (AvgIpc) is 2.20. The van der Waals surface area contributed by atoms with Crippen LogP contribution in [0.4, 0.5) is 4.79 Å². The first-order valence-electron chi connectivity index (χ1n) is 4.89. The van der Waals surface area contributed by atoms with Crippen molar-refractivity contribution < 1.29 is 15.0 Å². The Bertz CT molecular complexity index is 321. The van der Waals surface area contributed by atoms with E-state index in [1.165, 1.54) is 4.90 Å². The minimum Gasteiger partial charge on any atom is -0.508 e. The number of carbonyl (C=O) groups is 1. The number of carboxylic acid groups (broad SMARTS) is 1. The molecule has 0 saturated carbocycles. The van der Waals surface area contributed by atoms with Crippen LogP contribution in [0.1, 0.15) is 18.9 Å². The number of hydrogen-bond donors (Lipinski definition) is 2. The number of hydrogen-bond acceptors (Lipinski definition) is 2. The molecule has 15 heavy (non-hydrogen) atoms. The highest BCUT2D eigenvalue weighted by atomic mass is 16.4. The molecular weight excluding hydrogens is 194 g/mol. The molecule has 0 aliphatic heterocycles. The van der Waals surface area contributed by atoms with Crippen LogP contribution in [0.25, 0.3) is 0 Å². The van der Waals surface area contributed by atoms with Crippen LogP contribution in [0.5, 0.6) is 5.75 Å². The average molecular weight is 209 g/mol. The van der Waals surface area contributed by atoms with Gasteiger partial charge in [0.1, 0.15) is 5.75 Å². The maximum Gasteiger partial charge on any atom is 0.407 e. The zero-order valence-electron chi connectivity index (χ0n) is 8.68. The third-order valence-electron chi connectivity index (χ3n) is 2.07. The summed E-state index contributed by atoms with van der Waals surface area (Å²) in [5.74, 6) is 0.191. The lowest BCUT2D eigenvalue weighted by Crippen LogP contribution is -2.29. The van der Waals surface area contributed by atoms with Gasteiger partial charge in [0, 0.05) is 13.1 Å². The van der Waals surface area contributed by atoms with E-state index in [0.29, 0.717) is 13.1 Å². The summed E-state index contributed by atoms with van der Waals surface area (Å²) in [5.41, 5.74) is 0.878. The van der Waals surface area contributed by atoms with E-state index in [-0.39, 0.29) is 5.75 Å². The zero-order valence-corrected chi connectivity index (χ0v) is 8.68. The summed E-state index contributed by atoms with van der Waals surface area (Å²) < 4.78 is 0. The highest BCUT2D eigenvalue weighted by molar-refractivity contribution is 5.64. The van der Waals surface area contributed by atoms with Crippen LogP contribution < -0.4 is 0 Å². The lowest BCUT2D eigenvalue weighted by atomic mass is 10.2. The lowest BCUT2D eigenvalue weighted by molar-refractivity contribution is 0.142. The van der Waals surface area contributed by atoms with Gasteiger partial charge in [0.25, 0.3) is 0 Å². The fraction of sp³-hybridized carbons (Fsp3) is 0.364. The summed E-state index contributed by atoms with van der Waals surface area (Å²) in [6, 6.07) is 6.56. The monoisotopic (exact) mass is 209 g/mol. The fourth-order valence-electron chi connectivity index (χ4n) is 1.33.